The van der Waals surface area contributed by atoms with Gasteiger partial charge in [-0.1, -0.05) is 0 Å². The first-order chi connectivity index (χ1) is 13.9. The van der Waals surface area contributed by atoms with Gasteiger partial charge in [-0.25, -0.2) is 4.39 Å². The third-order valence-corrected chi connectivity index (χ3v) is 5.55. The number of hydrogen-bond donors (Lipinski definition) is 3. The Morgan fingerprint density at radius 3 is 2.52 bits per heavy atom. The Hall–Kier alpha value is -2.28. The van der Waals surface area contributed by atoms with Crippen LogP contribution in [0.3, 0.4) is 0 Å². The van der Waals surface area contributed by atoms with Crippen LogP contribution in [0.1, 0.15) is 29.8 Å². The molecular weight excluding hydrogens is 436 g/mol. The summed E-state index contributed by atoms with van der Waals surface area (Å²) in [5.74, 6) is -0.212. The van der Waals surface area contributed by atoms with Gasteiger partial charge in [0, 0.05) is 59.9 Å². The van der Waals surface area contributed by atoms with Crippen LogP contribution < -0.4 is 21.3 Å². The lowest BCUT2D eigenvalue weighted by Gasteiger charge is -2.30. The smallest absolute Gasteiger partial charge is 0.131 e. The van der Waals surface area contributed by atoms with E-state index in [-0.39, 0.29) is 36.7 Å². The molecule has 8 heteroatoms. The van der Waals surface area contributed by atoms with E-state index < -0.39 is 0 Å². The van der Waals surface area contributed by atoms with Gasteiger partial charge in [-0.15, -0.1) is 24.8 Å². The second kappa shape index (κ2) is 10.4. The highest BCUT2D eigenvalue weighted by molar-refractivity contribution is 5.94. The minimum Gasteiger partial charge on any atom is -0.399 e. The van der Waals surface area contributed by atoms with Crippen LogP contribution in [0.25, 0.3) is 10.9 Å². The number of nitrogens with zero attached hydrogens (tertiary/aromatic N) is 2. The molecule has 1 aromatic heterocycles. The van der Waals surface area contributed by atoms with E-state index >= 15 is 0 Å². The highest BCUT2D eigenvalue weighted by Gasteiger charge is 2.17. The van der Waals surface area contributed by atoms with E-state index in [1.54, 1.807) is 19.1 Å². The molecule has 0 bridgehead atoms. The predicted octanol–water partition coefficient (Wildman–Crippen LogP) is 5.00. The van der Waals surface area contributed by atoms with Crippen LogP contribution in [0.4, 0.5) is 21.5 Å². The SMILES string of the molecule is Cc1cc(N[C@H](C)c2cc(N)cc(C)c2F)c2cc(N3CCNCC3)ccc2n1.Cl.Cl. The molecule has 0 unspecified atom stereocenters. The van der Waals surface area contributed by atoms with Gasteiger partial charge in [0.1, 0.15) is 5.82 Å². The number of aromatic nitrogens is 1. The molecule has 1 atom stereocenters. The summed E-state index contributed by atoms with van der Waals surface area (Å²) in [6.45, 7) is 9.62. The molecule has 0 saturated carbocycles. The van der Waals surface area contributed by atoms with Crippen molar-refractivity contribution in [3.8, 4) is 0 Å². The Balaban J connectivity index is 0.00000171. The summed E-state index contributed by atoms with van der Waals surface area (Å²) in [7, 11) is 0. The maximum atomic E-state index is 14.7. The van der Waals surface area contributed by atoms with Gasteiger partial charge in [0.2, 0.25) is 0 Å². The van der Waals surface area contributed by atoms with Crippen molar-refractivity contribution in [2.24, 2.45) is 0 Å². The third-order valence-electron chi connectivity index (χ3n) is 5.55. The Morgan fingerprint density at radius 1 is 1.10 bits per heavy atom. The molecule has 0 aliphatic carbocycles. The highest BCUT2D eigenvalue weighted by Crippen LogP contribution is 2.32. The van der Waals surface area contributed by atoms with Crippen LogP contribution in [0.15, 0.2) is 36.4 Å². The number of nitrogens with two attached hydrogens (primary N) is 1. The number of halogens is 3. The number of fused-ring (bicyclic) bond motifs is 1. The molecular formula is C23H30Cl2FN5. The standard InChI is InChI=1S/C23H28FN5.2ClH/c1-14-10-17(25)12-19(23(14)24)16(3)28-22-11-15(2)27-21-5-4-18(13-20(21)22)29-8-6-26-7-9-29;;/h4-5,10-13,16,26H,6-9,25H2,1-3H3,(H,27,28);2*1H/t16-;;/m1../s1. The maximum absolute atomic E-state index is 14.7. The number of piperazine rings is 1. The molecule has 1 saturated heterocycles. The van der Waals surface area contributed by atoms with Crippen LogP contribution in [-0.4, -0.2) is 31.2 Å². The van der Waals surface area contributed by atoms with Crippen LogP contribution in [-0.2, 0) is 0 Å². The second-order valence-electron chi connectivity index (χ2n) is 7.86. The lowest BCUT2D eigenvalue weighted by molar-refractivity contribution is 0.589. The Bertz CT molecular complexity index is 1050. The minimum absolute atomic E-state index is 0. The van der Waals surface area contributed by atoms with Gasteiger partial charge in [-0.2, -0.15) is 0 Å². The van der Waals surface area contributed by atoms with Gasteiger partial charge >= 0.3 is 0 Å². The first kappa shape index (κ1) is 25.0. The van der Waals surface area contributed by atoms with Crippen LogP contribution in [0.5, 0.6) is 0 Å². The molecule has 3 aromatic rings. The average Bonchev–Trinajstić information content (AvgIpc) is 2.71. The summed E-state index contributed by atoms with van der Waals surface area (Å²) >= 11 is 0. The zero-order valence-corrected chi connectivity index (χ0v) is 19.7. The monoisotopic (exact) mass is 465 g/mol. The highest BCUT2D eigenvalue weighted by atomic mass is 35.5. The van der Waals surface area contributed by atoms with Crippen molar-refractivity contribution in [1.82, 2.24) is 10.3 Å². The molecule has 2 aromatic carbocycles. The molecule has 168 valence electrons. The topological polar surface area (TPSA) is 66.2 Å². The van der Waals surface area contributed by atoms with E-state index in [9.17, 15) is 4.39 Å². The minimum atomic E-state index is -0.231. The summed E-state index contributed by atoms with van der Waals surface area (Å²) in [6, 6.07) is 11.6. The normalized spacial score (nSPS) is 14.5. The number of benzene rings is 2. The summed E-state index contributed by atoms with van der Waals surface area (Å²) in [5.41, 5.74) is 11.7. The molecule has 2 heterocycles. The molecule has 1 aliphatic rings. The molecule has 4 N–H and O–H groups in total. The fourth-order valence-electron chi connectivity index (χ4n) is 4.04. The van der Waals surface area contributed by atoms with Gasteiger partial charge in [-0.3, -0.25) is 4.98 Å². The average molecular weight is 466 g/mol. The molecule has 31 heavy (non-hydrogen) atoms. The number of anilines is 3. The Labute approximate surface area is 195 Å². The van der Waals surface area contributed by atoms with E-state index in [2.05, 4.69) is 38.7 Å². The lowest BCUT2D eigenvalue weighted by atomic mass is 10.0. The Kier molecular flexibility index (Phi) is 8.34. The van der Waals surface area contributed by atoms with Gasteiger partial charge in [-0.05, 0) is 62.7 Å². The number of rotatable bonds is 4. The quantitative estimate of drug-likeness (QED) is 0.473. The fourth-order valence-corrected chi connectivity index (χ4v) is 4.04. The molecule has 4 rings (SSSR count). The van der Waals surface area contributed by atoms with Gasteiger partial charge in [0.15, 0.2) is 0 Å². The summed E-state index contributed by atoms with van der Waals surface area (Å²) in [5, 5.41) is 7.93. The molecule has 5 nitrogen and oxygen atoms in total. The number of pyridine rings is 1. The summed E-state index contributed by atoms with van der Waals surface area (Å²) in [4.78, 5) is 7.06. The molecule has 1 fully saturated rings. The van der Waals surface area contributed by atoms with E-state index in [1.807, 2.05) is 19.9 Å². The summed E-state index contributed by atoms with van der Waals surface area (Å²) < 4.78 is 14.7. The van der Waals surface area contributed by atoms with Crippen molar-refractivity contribution >= 4 is 52.8 Å². The first-order valence-corrected chi connectivity index (χ1v) is 10.1. The molecule has 0 spiro atoms. The van der Waals surface area contributed by atoms with E-state index in [4.69, 9.17) is 5.73 Å². The van der Waals surface area contributed by atoms with Crippen molar-refractivity contribution in [1.29, 1.82) is 0 Å². The Morgan fingerprint density at radius 2 is 1.81 bits per heavy atom. The lowest BCUT2D eigenvalue weighted by Crippen LogP contribution is -2.43. The van der Waals surface area contributed by atoms with E-state index in [0.717, 1.165) is 48.5 Å². The van der Waals surface area contributed by atoms with Crippen molar-refractivity contribution in [3.63, 3.8) is 0 Å². The van der Waals surface area contributed by atoms with Crippen molar-refractivity contribution < 1.29 is 4.39 Å². The zero-order valence-electron chi connectivity index (χ0n) is 18.0. The maximum Gasteiger partial charge on any atom is 0.131 e. The summed E-state index contributed by atoms with van der Waals surface area (Å²) in [6.07, 6.45) is 0. The third kappa shape index (κ3) is 5.32. The van der Waals surface area contributed by atoms with E-state index in [0.29, 0.717) is 16.8 Å². The molecule has 1 aliphatic heterocycles. The van der Waals surface area contributed by atoms with Crippen LogP contribution in [0, 0.1) is 19.7 Å². The van der Waals surface area contributed by atoms with Crippen molar-refractivity contribution in [2.75, 3.05) is 42.1 Å². The number of hydrogen-bond acceptors (Lipinski definition) is 5. The molecule has 0 radical (unpaired) electrons. The largest absolute Gasteiger partial charge is 0.399 e. The van der Waals surface area contributed by atoms with Gasteiger partial charge in [0.05, 0.1) is 11.6 Å². The van der Waals surface area contributed by atoms with Crippen molar-refractivity contribution in [2.45, 2.75) is 26.8 Å². The van der Waals surface area contributed by atoms with Crippen LogP contribution in [0.2, 0.25) is 0 Å². The van der Waals surface area contributed by atoms with Gasteiger partial charge < -0.3 is 21.3 Å². The first-order valence-electron chi connectivity index (χ1n) is 10.1. The van der Waals surface area contributed by atoms with Gasteiger partial charge in [0.25, 0.3) is 0 Å². The van der Waals surface area contributed by atoms with Crippen molar-refractivity contribution in [3.05, 3.63) is 59.0 Å². The fraction of sp³-hybridized carbons (Fsp3) is 0.348. The van der Waals surface area contributed by atoms with Crippen LogP contribution >= 0.6 is 24.8 Å². The second-order valence-corrected chi connectivity index (χ2v) is 7.86. The van der Waals surface area contributed by atoms with E-state index in [1.165, 1.54) is 5.69 Å². The number of nitrogen functional groups attached to an aromatic ring is 1. The number of aryl methyl sites for hydroxylation is 2. The zero-order chi connectivity index (χ0) is 20.5. The predicted molar refractivity (Wildman–Crippen MR) is 134 cm³/mol. The number of nitrogens with one attached hydrogen (secondary N) is 2. The molecule has 0 amide bonds.